The van der Waals surface area contributed by atoms with E-state index in [1.165, 1.54) is 4.90 Å². The van der Waals surface area contributed by atoms with E-state index < -0.39 is 0 Å². The van der Waals surface area contributed by atoms with Crippen LogP contribution in [-0.2, 0) is 5.75 Å². The van der Waals surface area contributed by atoms with Gasteiger partial charge in [-0.25, -0.2) is 9.97 Å². The summed E-state index contributed by atoms with van der Waals surface area (Å²) in [6, 6.07) is 10.3. The van der Waals surface area contributed by atoms with E-state index in [2.05, 4.69) is 64.1 Å². The second-order valence-corrected chi connectivity index (χ2v) is 6.99. The predicted molar refractivity (Wildman–Crippen MR) is 94.0 cm³/mol. The van der Waals surface area contributed by atoms with Crippen LogP contribution in [0.5, 0.6) is 0 Å². The van der Waals surface area contributed by atoms with Crippen LogP contribution < -0.4 is 5.32 Å². The fourth-order valence-corrected chi connectivity index (χ4v) is 3.22. The Kier molecular flexibility index (Phi) is 6.06. The molecule has 21 heavy (non-hydrogen) atoms. The van der Waals surface area contributed by atoms with Crippen molar-refractivity contribution in [2.45, 2.75) is 37.3 Å². The minimum atomic E-state index is 0.403. The van der Waals surface area contributed by atoms with Gasteiger partial charge in [-0.15, -0.1) is 11.8 Å². The van der Waals surface area contributed by atoms with E-state index in [1.54, 1.807) is 11.8 Å². The zero-order valence-corrected chi connectivity index (χ0v) is 15.0. The molecule has 0 aliphatic heterocycles. The molecule has 1 aromatic carbocycles. The molecule has 0 spiro atoms. The number of hydrogen-bond donors (Lipinski definition) is 1. The number of thioether (sulfide) groups is 1. The molecule has 0 unspecified atom stereocenters. The van der Waals surface area contributed by atoms with E-state index in [1.807, 2.05) is 18.2 Å². The Balaban J connectivity index is 2.14. The summed E-state index contributed by atoms with van der Waals surface area (Å²) in [6.07, 6.45) is 0. The lowest BCUT2D eigenvalue weighted by Gasteiger charge is -2.11. The summed E-state index contributed by atoms with van der Waals surface area (Å²) in [6.45, 7) is 7.26. The highest BCUT2D eigenvalue weighted by Gasteiger charge is 2.08. The molecule has 3 nitrogen and oxygen atoms in total. The van der Waals surface area contributed by atoms with Crippen molar-refractivity contribution < 1.29 is 0 Å². The van der Waals surface area contributed by atoms with E-state index in [-0.39, 0.29) is 0 Å². The molecular weight excluding hydrogens is 346 g/mol. The lowest BCUT2D eigenvalue weighted by atomic mass is 10.1. The molecular formula is C16H20BrN3S. The summed E-state index contributed by atoms with van der Waals surface area (Å²) >= 11 is 5.25. The van der Waals surface area contributed by atoms with Crippen LogP contribution in [0.3, 0.4) is 0 Å². The summed E-state index contributed by atoms with van der Waals surface area (Å²) < 4.78 is 1.10. The zero-order valence-electron chi connectivity index (χ0n) is 12.6. The molecule has 0 atom stereocenters. The fraction of sp³-hybridized carbons (Fsp3) is 0.375. The molecule has 0 aliphatic carbocycles. The minimum Gasteiger partial charge on any atom is -0.370 e. The first-order valence-electron chi connectivity index (χ1n) is 7.08. The van der Waals surface area contributed by atoms with Crippen LogP contribution >= 0.6 is 27.7 Å². The van der Waals surface area contributed by atoms with Crippen LogP contribution in [0, 0.1) is 0 Å². The molecule has 1 aromatic heterocycles. The van der Waals surface area contributed by atoms with E-state index >= 15 is 0 Å². The second-order valence-electron chi connectivity index (χ2n) is 5.03. The van der Waals surface area contributed by atoms with E-state index in [0.717, 1.165) is 34.1 Å². The molecule has 0 aliphatic rings. The third-order valence-electron chi connectivity index (χ3n) is 2.91. The third-order valence-corrected chi connectivity index (χ3v) is 4.39. The van der Waals surface area contributed by atoms with E-state index in [9.17, 15) is 0 Å². The van der Waals surface area contributed by atoms with Crippen LogP contribution in [-0.4, -0.2) is 16.5 Å². The Morgan fingerprint density at radius 3 is 2.71 bits per heavy atom. The van der Waals surface area contributed by atoms with Gasteiger partial charge in [0.15, 0.2) is 0 Å². The molecule has 1 heterocycles. The first-order valence-corrected chi connectivity index (χ1v) is 8.86. The van der Waals surface area contributed by atoms with Crippen LogP contribution in [0.25, 0.3) is 0 Å². The molecule has 0 fully saturated rings. The third kappa shape index (κ3) is 5.00. The standard InChI is InChI=1S/C16H20BrN3S/c1-4-18-15-9-14(11(2)3)19-16(20-15)10-21-13-7-5-6-12(17)8-13/h5-9,11H,4,10H2,1-3H3,(H,18,19,20). The number of nitrogens with zero attached hydrogens (tertiary/aromatic N) is 2. The molecule has 0 bridgehead atoms. The molecule has 5 heteroatoms. The van der Waals surface area contributed by atoms with Gasteiger partial charge in [0, 0.05) is 27.7 Å². The molecule has 1 N–H and O–H groups in total. The van der Waals surface area contributed by atoms with E-state index in [4.69, 9.17) is 0 Å². The lowest BCUT2D eigenvalue weighted by Crippen LogP contribution is -2.06. The van der Waals surface area contributed by atoms with Crippen LogP contribution in [0.15, 0.2) is 39.7 Å². The average molecular weight is 366 g/mol. The van der Waals surface area contributed by atoms with Gasteiger partial charge in [0.25, 0.3) is 0 Å². The normalized spacial score (nSPS) is 10.9. The van der Waals surface area contributed by atoms with Gasteiger partial charge in [-0.1, -0.05) is 35.8 Å². The van der Waals surface area contributed by atoms with Crippen molar-refractivity contribution in [3.8, 4) is 0 Å². The van der Waals surface area contributed by atoms with Gasteiger partial charge in [0.05, 0.1) is 5.75 Å². The highest BCUT2D eigenvalue weighted by molar-refractivity contribution is 9.10. The Bertz CT molecular complexity index is 602. The maximum absolute atomic E-state index is 4.67. The summed E-state index contributed by atoms with van der Waals surface area (Å²) in [7, 11) is 0. The number of halogens is 1. The van der Waals surface area contributed by atoms with Crippen molar-refractivity contribution in [3.05, 3.63) is 46.3 Å². The van der Waals surface area contributed by atoms with Crippen molar-refractivity contribution in [1.29, 1.82) is 0 Å². The van der Waals surface area contributed by atoms with Gasteiger partial charge in [0.2, 0.25) is 0 Å². The number of benzene rings is 1. The maximum Gasteiger partial charge on any atom is 0.141 e. The lowest BCUT2D eigenvalue weighted by molar-refractivity contribution is 0.799. The fourth-order valence-electron chi connectivity index (χ4n) is 1.85. The highest BCUT2D eigenvalue weighted by Crippen LogP contribution is 2.25. The summed E-state index contributed by atoms with van der Waals surface area (Å²) in [4.78, 5) is 10.5. The molecule has 2 aromatic rings. The quantitative estimate of drug-likeness (QED) is 0.723. The van der Waals surface area contributed by atoms with Crippen LogP contribution in [0.2, 0.25) is 0 Å². The average Bonchev–Trinajstić information content (AvgIpc) is 2.45. The van der Waals surface area contributed by atoms with Crippen molar-refractivity contribution in [1.82, 2.24) is 9.97 Å². The Hall–Kier alpha value is -1.07. The van der Waals surface area contributed by atoms with Gasteiger partial charge >= 0.3 is 0 Å². The largest absolute Gasteiger partial charge is 0.370 e. The smallest absolute Gasteiger partial charge is 0.141 e. The van der Waals surface area contributed by atoms with Gasteiger partial charge in [-0.2, -0.15) is 0 Å². The molecule has 2 rings (SSSR count). The topological polar surface area (TPSA) is 37.8 Å². The Labute approximate surface area is 139 Å². The first kappa shape index (κ1) is 16.3. The molecule has 0 amide bonds. The van der Waals surface area contributed by atoms with Gasteiger partial charge in [0.1, 0.15) is 11.6 Å². The zero-order chi connectivity index (χ0) is 15.2. The van der Waals surface area contributed by atoms with Gasteiger partial charge < -0.3 is 5.32 Å². The number of nitrogens with one attached hydrogen (secondary N) is 1. The monoisotopic (exact) mass is 365 g/mol. The number of anilines is 1. The van der Waals surface area contributed by atoms with Crippen LogP contribution in [0.4, 0.5) is 5.82 Å². The minimum absolute atomic E-state index is 0.403. The second kappa shape index (κ2) is 7.80. The first-order chi connectivity index (χ1) is 10.1. The van der Waals surface area contributed by atoms with Crippen molar-refractivity contribution in [2.24, 2.45) is 0 Å². The van der Waals surface area contributed by atoms with Crippen molar-refractivity contribution >= 4 is 33.5 Å². The number of rotatable bonds is 6. The van der Waals surface area contributed by atoms with Crippen molar-refractivity contribution in [3.63, 3.8) is 0 Å². The van der Waals surface area contributed by atoms with Gasteiger partial charge in [-0.3, -0.25) is 0 Å². The van der Waals surface area contributed by atoms with Crippen molar-refractivity contribution in [2.75, 3.05) is 11.9 Å². The Morgan fingerprint density at radius 1 is 1.24 bits per heavy atom. The SMILES string of the molecule is CCNc1cc(C(C)C)nc(CSc2cccc(Br)c2)n1. The van der Waals surface area contributed by atoms with E-state index in [0.29, 0.717) is 5.92 Å². The molecule has 0 saturated carbocycles. The maximum atomic E-state index is 4.67. The Morgan fingerprint density at radius 2 is 2.05 bits per heavy atom. The molecule has 0 radical (unpaired) electrons. The summed E-state index contributed by atoms with van der Waals surface area (Å²) in [5.41, 5.74) is 1.09. The van der Waals surface area contributed by atoms with Crippen LogP contribution in [0.1, 0.15) is 38.2 Å². The highest BCUT2D eigenvalue weighted by atomic mass is 79.9. The predicted octanol–water partition coefficient (Wildman–Crippen LogP) is 5.09. The molecule has 0 saturated heterocycles. The molecule has 112 valence electrons. The number of hydrogen-bond acceptors (Lipinski definition) is 4. The number of aromatic nitrogens is 2. The van der Waals surface area contributed by atoms with Gasteiger partial charge in [-0.05, 0) is 31.0 Å². The summed E-state index contributed by atoms with van der Waals surface area (Å²) in [5.74, 6) is 2.97. The summed E-state index contributed by atoms with van der Waals surface area (Å²) in [5, 5.41) is 3.28.